The van der Waals surface area contributed by atoms with E-state index in [-0.39, 0.29) is 27.8 Å². The number of hydrogen-bond donors (Lipinski definition) is 0. The molecule has 0 spiro atoms. The Kier molecular flexibility index (Phi) is 7.72. The highest BCUT2D eigenvalue weighted by Gasteiger charge is 2.25. The number of allylic oxidation sites excluding steroid dienone is 2. The molecule has 0 aliphatic heterocycles. The summed E-state index contributed by atoms with van der Waals surface area (Å²) in [6.45, 7) is -1.40. The number of alkyl halides is 2. The molecule has 0 saturated heterocycles. The predicted octanol–water partition coefficient (Wildman–Crippen LogP) is 9.29. The van der Waals surface area contributed by atoms with E-state index in [2.05, 4.69) is 10.8 Å². The van der Waals surface area contributed by atoms with Crippen LogP contribution in [0.4, 0.5) is 26.3 Å². The highest BCUT2D eigenvalue weighted by molar-refractivity contribution is 5.89. The molecular weight excluding hydrogens is 466 g/mol. The molecule has 1 aliphatic carbocycles. The fraction of sp³-hybridized carbons (Fsp3) is 0.357. The van der Waals surface area contributed by atoms with Gasteiger partial charge in [-0.25, -0.2) is 17.6 Å². The number of halogens is 6. The normalized spacial score (nSPS) is 18.6. The third-order valence-corrected chi connectivity index (χ3v) is 6.84. The Hall–Kier alpha value is -2.96. The van der Waals surface area contributed by atoms with Crippen LogP contribution in [0.15, 0.2) is 48.6 Å². The summed E-state index contributed by atoms with van der Waals surface area (Å²) in [5.74, 6) is -4.63. The molecule has 0 unspecified atom stereocenters. The summed E-state index contributed by atoms with van der Waals surface area (Å²) >= 11 is 0. The van der Waals surface area contributed by atoms with Crippen molar-refractivity contribution in [2.24, 2.45) is 5.92 Å². The van der Waals surface area contributed by atoms with Crippen LogP contribution < -0.4 is 4.74 Å². The molecule has 35 heavy (non-hydrogen) atoms. The second-order valence-corrected chi connectivity index (χ2v) is 9.04. The molecule has 0 bridgehead atoms. The molecule has 1 fully saturated rings. The van der Waals surface area contributed by atoms with E-state index < -0.39 is 35.6 Å². The van der Waals surface area contributed by atoms with Crippen molar-refractivity contribution in [2.45, 2.75) is 58.0 Å². The van der Waals surface area contributed by atoms with Crippen LogP contribution in [-0.4, -0.2) is 6.61 Å². The van der Waals surface area contributed by atoms with Crippen LogP contribution in [0, 0.1) is 29.2 Å². The van der Waals surface area contributed by atoms with Gasteiger partial charge < -0.3 is 4.74 Å². The van der Waals surface area contributed by atoms with Crippen LogP contribution in [0.2, 0.25) is 0 Å². The zero-order valence-electron chi connectivity index (χ0n) is 19.3. The van der Waals surface area contributed by atoms with E-state index in [0.29, 0.717) is 11.5 Å². The smallest absolute Gasteiger partial charge is 0.387 e. The van der Waals surface area contributed by atoms with E-state index in [9.17, 15) is 17.6 Å². The summed E-state index contributed by atoms with van der Waals surface area (Å²) in [5, 5.41) is -0.229. The van der Waals surface area contributed by atoms with E-state index in [4.69, 9.17) is 0 Å². The van der Waals surface area contributed by atoms with Crippen molar-refractivity contribution >= 4 is 10.8 Å². The number of ether oxygens (including phenoxy) is 1. The maximum Gasteiger partial charge on any atom is 0.387 e. The predicted molar refractivity (Wildman–Crippen MR) is 125 cm³/mol. The molecule has 0 amide bonds. The average molecular weight is 493 g/mol. The fourth-order valence-corrected chi connectivity index (χ4v) is 5.05. The quantitative estimate of drug-likeness (QED) is 0.236. The Morgan fingerprint density at radius 3 is 2.23 bits per heavy atom. The van der Waals surface area contributed by atoms with Gasteiger partial charge in [-0.1, -0.05) is 24.3 Å². The van der Waals surface area contributed by atoms with Crippen molar-refractivity contribution in [3.05, 3.63) is 77.4 Å². The van der Waals surface area contributed by atoms with Crippen LogP contribution in [-0.2, 0) is 0 Å². The second kappa shape index (κ2) is 10.8. The first-order chi connectivity index (χ1) is 16.8. The monoisotopic (exact) mass is 492 g/mol. The zero-order chi connectivity index (χ0) is 25.1. The Labute approximate surface area is 200 Å². The highest BCUT2D eigenvalue weighted by atomic mass is 19.3. The number of benzene rings is 3. The summed E-state index contributed by atoms with van der Waals surface area (Å²) in [5.41, 5.74) is 0.403. The Morgan fingerprint density at radius 2 is 1.60 bits per heavy atom. The van der Waals surface area contributed by atoms with E-state index in [1.54, 1.807) is 0 Å². The van der Waals surface area contributed by atoms with Gasteiger partial charge in [0, 0.05) is 5.39 Å². The largest absolute Gasteiger partial charge is 0.429 e. The van der Waals surface area contributed by atoms with Gasteiger partial charge >= 0.3 is 6.61 Å². The van der Waals surface area contributed by atoms with Crippen molar-refractivity contribution < 1.29 is 31.1 Å². The first kappa shape index (κ1) is 25.1. The van der Waals surface area contributed by atoms with E-state index in [1.165, 1.54) is 30.3 Å². The first-order valence-electron chi connectivity index (χ1n) is 11.8. The lowest BCUT2D eigenvalue weighted by Gasteiger charge is -2.29. The molecule has 1 saturated carbocycles. The molecule has 0 radical (unpaired) electrons. The third-order valence-electron chi connectivity index (χ3n) is 6.84. The molecule has 0 N–H and O–H groups in total. The maximum absolute atomic E-state index is 15.1. The maximum atomic E-state index is 15.1. The minimum absolute atomic E-state index is 0.0294. The summed E-state index contributed by atoms with van der Waals surface area (Å²) in [6, 6.07) is 7.15. The third kappa shape index (κ3) is 5.49. The lowest BCUT2D eigenvalue weighted by atomic mass is 9.77. The molecule has 3 aromatic carbocycles. The molecule has 1 nitrogen and oxygen atoms in total. The summed E-state index contributed by atoms with van der Waals surface area (Å²) in [7, 11) is 0. The molecule has 7 heteroatoms. The minimum Gasteiger partial charge on any atom is -0.429 e. The topological polar surface area (TPSA) is 9.23 Å². The van der Waals surface area contributed by atoms with Gasteiger partial charge in [0.1, 0.15) is 11.6 Å². The van der Waals surface area contributed by atoms with Gasteiger partial charge in [0.05, 0.1) is 5.56 Å². The summed E-state index contributed by atoms with van der Waals surface area (Å²) < 4.78 is 87.7. The molecule has 0 heterocycles. The van der Waals surface area contributed by atoms with Gasteiger partial charge in [-0.2, -0.15) is 8.78 Å². The Bertz CT molecular complexity index is 1200. The van der Waals surface area contributed by atoms with E-state index in [0.717, 1.165) is 44.6 Å². The van der Waals surface area contributed by atoms with Crippen molar-refractivity contribution in [3.63, 3.8) is 0 Å². The van der Waals surface area contributed by atoms with Gasteiger partial charge in [0.2, 0.25) is 0 Å². The molecule has 3 aromatic rings. The number of fused-ring (bicyclic) bond motifs is 1. The van der Waals surface area contributed by atoms with Crippen LogP contribution in [0.5, 0.6) is 5.75 Å². The lowest BCUT2D eigenvalue weighted by Crippen LogP contribution is -2.14. The number of rotatable bonds is 7. The molecule has 4 rings (SSSR count). The molecule has 186 valence electrons. The van der Waals surface area contributed by atoms with Gasteiger partial charge in [0.15, 0.2) is 17.4 Å². The standard InChI is InChI=1S/C28H26F6O/c1-2-3-4-5-16-6-8-17(9-7-16)19-13-22(29)25(23(30)14-19)18-10-11-21-20(12-18)15-24(31)27(26(21)32)35-28(33)34/h2-3,10-17,28H,4-9H2,1H3/b3-2+. The summed E-state index contributed by atoms with van der Waals surface area (Å²) in [6.07, 6.45) is 10.1. The van der Waals surface area contributed by atoms with Crippen molar-refractivity contribution in [1.82, 2.24) is 0 Å². The van der Waals surface area contributed by atoms with Crippen molar-refractivity contribution in [2.75, 3.05) is 0 Å². The fourth-order valence-electron chi connectivity index (χ4n) is 5.05. The zero-order valence-corrected chi connectivity index (χ0v) is 19.3. The van der Waals surface area contributed by atoms with Gasteiger partial charge in [-0.05, 0) is 98.1 Å². The Balaban J connectivity index is 1.58. The van der Waals surface area contributed by atoms with Crippen LogP contribution in [0.25, 0.3) is 21.9 Å². The lowest BCUT2D eigenvalue weighted by molar-refractivity contribution is -0.0544. The molecule has 1 aliphatic rings. The Morgan fingerprint density at radius 1 is 0.914 bits per heavy atom. The average Bonchev–Trinajstić information content (AvgIpc) is 2.81. The van der Waals surface area contributed by atoms with Gasteiger partial charge in [-0.15, -0.1) is 0 Å². The molecular formula is C28H26F6O. The van der Waals surface area contributed by atoms with Crippen LogP contribution >= 0.6 is 0 Å². The summed E-state index contributed by atoms with van der Waals surface area (Å²) in [4.78, 5) is 0. The minimum atomic E-state index is -3.40. The van der Waals surface area contributed by atoms with Crippen LogP contribution in [0.1, 0.15) is 56.9 Å². The SMILES string of the molecule is C/C=C/CCC1CCC(c2cc(F)c(-c3ccc4c(F)c(OC(F)F)c(F)cc4c3)c(F)c2)CC1. The molecule has 0 aromatic heterocycles. The molecule has 0 atom stereocenters. The van der Waals surface area contributed by atoms with Crippen molar-refractivity contribution in [1.29, 1.82) is 0 Å². The first-order valence-corrected chi connectivity index (χ1v) is 11.8. The van der Waals surface area contributed by atoms with Crippen LogP contribution in [0.3, 0.4) is 0 Å². The van der Waals surface area contributed by atoms with Crippen molar-refractivity contribution in [3.8, 4) is 16.9 Å². The number of hydrogen-bond acceptors (Lipinski definition) is 1. The van der Waals surface area contributed by atoms with Gasteiger partial charge in [0.25, 0.3) is 0 Å². The van der Waals surface area contributed by atoms with E-state index >= 15 is 8.78 Å². The van der Waals surface area contributed by atoms with E-state index in [1.807, 2.05) is 13.0 Å². The second-order valence-electron chi connectivity index (χ2n) is 9.04. The highest BCUT2D eigenvalue weighted by Crippen LogP contribution is 2.40. The van der Waals surface area contributed by atoms with Gasteiger partial charge in [-0.3, -0.25) is 0 Å².